The molecule has 0 saturated heterocycles. The second kappa shape index (κ2) is 8.09. The predicted octanol–water partition coefficient (Wildman–Crippen LogP) is 2.81. The molecule has 8 heteroatoms. The first-order valence-corrected chi connectivity index (χ1v) is 7.46. The molecule has 0 heterocycles. The quantitative estimate of drug-likeness (QED) is 0.615. The number of anilines is 1. The number of halogens is 1. The molecule has 0 saturated carbocycles. The number of rotatable bonds is 7. The van der Waals surface area contributed by atoms with E-state index in [0.29, 0.717) is 12.3 Å². The summed E-state index contributed by atoms with van der Waals surface area (Å²) in [4.78, 5) is 22.9. The fourth-order valence-electron chi connectivity index (χ4n) is 1.98. The summed E-state index contributed by atoms with van der Waals surface area (Å²) < 4.78 is 19.3. The van der Waals surface area contributed by atoms with Crippen molar-refractivity contribution in [2.24, 2.45) is 0 Å². The molecule has 0 spiro atoms. The second-order valence-corrected chi connectivity index (χ2v) is 5.50. The van der Waals surface area contributed by atoms with Gasteiger partial charge in [0.05, 0.1) is 16.7 Å². The van der Waals surface area contributed by atoms with Crippen molar-refractivity contribution in [3.63, 3.8) is 0 Å². The lowest BCUT2D eigenvalue weighted by Gasteiger charge is -2.12. The Labute approximate surface area is 144 Å². The molecule has 2 aromatic carbocycles. The van der Waals surface area contributed by atoms with E-state index in [9.17, 15) is 19.3 Å². The number of nitro benzene ring substituents is 1. The number of likely N-dealkylation sites (N-methyl/N-ethyl adjacent to an activating group) is 1. The van der Waals surface area contributed by atoms with E-state index in [0.717, 1.165) is 11.6 Å². The van der Waals surface area contributed by atoms with E-state index in [4.69, 9.17) is 4.74 Å². The summed E-state index contributed by atoms with van der Waals surface area (Å²) in [6.45, 7) is 0.231. The van der Waals surface area contributed by atoms with Crippen molar-refractivity contribution >= 4 is 17.3 Å². The Morgan fingerprint density at radius 3 is 2.68 bits per heavy atom. The van der Waals surface area contributed by atoms with Gasteiger partial charge in [-0.25, -0.2) is 4.39 Å². The summed E-state index contributed by atoms with van der Waals surface area (Å²) in [5, 5.41) is 13.5. The summed E-state index contributed by atoms with van der Waals surface area (Å²) in [5.74, 6) is -0.326. The number of benzene rings is 2. The van der Waals surface area contributed by atoms with Crippen LogP contribution in [0.3, 0.4) is 0 Å². The van der Waals surface area contributed by atoms with E-state index < -0.39 is 10.7 Å². The number of ether oxygens (including phenoxy) is 1. The Hall–Kier alpha value is -3.16. The third-order valence-electron chi connectivity index (χ3n) is 3.41. The number of non-ortho nitro benzene ring substituents is 1. The van der Waals surface area contributed by atoms with Crippen LogP contribution in [0.15, 0.2) is 42.5 Å². The largest absolute Gasteiger partial charge is 0.484 e. The standard InChI is InChI=1S/C17H18FN3O4/c1-20(2)17(22)11-25-14-5-3-4-12(8-14)10-19-16-7-6-13(21(23)24)9-15(16)18/h3-9,19H,10-11H2,1-2H3. The van der Waals surface area contributed by atoms with Gasteiger partial charge in [-0.15, -0.1) is 0 Å². The molecule has 25 heavy (non-hydrogen) atoms. The number of carbonyl (C=O) groups is 1. The zero-order valence-electron chi connectivity index (χ0n) is 13.9. The number of hydrogen-bond acceptors (Lipinski definition) is 5. The Morgan fingerprint density at radius 1 is 1.28 bits per heavy atom. The summed E-state index contributed by atoms with van der Waals surface area (Å²) in [6, 6.07) is 10.5. The minimum atomic E-state index is -0.696. The van der Waals surface area contributed by atoms with E-state index in [1.807, 2.05) is 6.07 Å². The lowest BCUT2D eigenvalue weighted by Crippen LogP contribution is -2.27. The van der Waals surface area contributed by atoms with Gasteiger partial charge in [0.15, 0.2) is 12.4 Å². The number of carbonyl (C=O) groups excluding carboxylic acids is 1. The van der Waals surface area contributed by atoms with Gasteiger partial charge in [-0.1, -0.05) is 12.1 Å². The lowest BCUT2D eigenvalue weighted by atomic mass is 10.2. The van der Waals surface area contributed by atoms with Gasteiger partial charge in [0.1, 0.15) is 5.75 Å². The van der Waals surface area contributed by atoms with Crippen LogP contribution >= 0.6 is 0 Å². The molecule has 0 aliphatic rings. The summed E-state index contributed by atoms with van der Waals surface area (Å²) >= 11 is 0. The number of nitrogens with one attached hydrogen (secondary N) is 1. The lowest BCUT2D eigenvalue weighted by molar-refractivity contribution is -0.385. The van der Waals surface area contributed by atoms with Gasteiger partial charge in [0.25, 0.3) is 11.6 Å². The van der Waals surface area contributed by atoms with Gasteiger partial charge in [-0.05, 0) is 23.8 Å². The van der Waals surface area contributed by atoms with Crippen LogP contribution in [-0.2, 0) is 11.3 Å². The molecule has 2 rings (SSSR count). The van der Waals surface area contributed by atoms with Crippen molar-refractivity contribution in [2.75, 3.05) is 26.0 Å². The van der Waals surface area contributed by atoms with Crippen LogP contribution in [0.1, 0.15) is 5.56 Å². The van der Waals surface area contributed by atoms with Crippen LogP contribution in [0.4, 0.5) is 15.8 Å². The van der Waals surface area contributed by atoms with E-state index in [1.165, 1.54) is 17.0 Å². The van der Waals surface area contributed by atoms with Crippen molar-refractivity contribution in [3.05, 3.63) is 64.0 Å². The van der Waals surface area contributed by atoms with Gasteiger partial charge in [0.2, 0.25) is 0 Å². The first-order chi connectivity index (χ1) is 11.9. The average Bonchev–Trinajstić information content (AvgIpc) is 2.58. The number of amides is 1. The highest BCUT2D eigenvalue weighted by molar-refractivity contribution is 5.77. The highest BCUT2D eigenvalue weighted by Gasteiger charge is 2.10. The Balaban J connectivity index is 1.98. The molecule has 132 valence electrons. The van der Waals surface area contributed by atoms with E-state index >= 15 is 0 Å². The van der Waals surface area contributed by atoms with Gasteiger partial charge in [0, 0.05) is 26.7 Å². The second-order valence-electron chi connectivity index (χ2n) is 5.50. The van der Waals surface area contributed by atoms with Crippen LogP contribution in [0, 0.1) is 15.9 Å². The highest BCUT2D eigenvalue weighted by Crippen LogP contribution is 2.21. The maximum absolute atomic E-state index is 13.8. The van der Waals surface area contributed by atoms with Crippen LogP contribution in [0.5, 0.6) is 5.75 Å². The maximum Gasteiger partial charge on any atom is 0.272 e. The van der Waals surface area contributed by atoms with Gasteiger partial charge >= 0.3 is 0 Å². The first-order valence-electron chi connectivity index (χ1n) is 7.46. The predicted molar refractivity (Wildman–Crippen MR) is 91.0 cm³/mol. The first kappa shape index (κ1) is 18.2. The molecule has 2 aromatic rings. The topological polar surface area (TPSA) is 84.7 Å². The fraction of sp³-hybridized carbons (Fsp3) is 0.235. The Morgan fingerprint density at radius 2 is 2.04 bits per heavy atom. The summed E-state index contributed by atoms with van der Waals surface area (Å²) in [7, 11) is 3.29. The zero-order chi connectivity index (χ0) is 18.4. The smallest absolute Gasteiger partial charge is 0.272 e. The third-order valence-corrected chi connectivity index (χ3v) is 3.41. The van der Waals surface area contributed by atoms with Crippen LogP contribution < -0.4 is 10.1 Å². The number of nitrogens with zero attached hydrogens (tertiary/aromatic N) is 2. The van der Waals surface area contributed by atoms with Crippen LogP contribution in [0.2, 0.25) is 0 Å². The molecule has 0 unspecified atom stereocenters. The summed E-state index contributed by atoms with van der Waals surface area (Å²) in [6.07, 6.45) is 0. The number of nitro groups is 1. The normalized spacial score (nSPS) is 10.2. The minimum Gasteiger partial charge on any atom is -0.484 e. The van der Waals surface area contributed by atoms with E-state index in [1.54, 1.807) is 32.3 Å². The maximum atomic E-state index is 13.8. The molecule has 0 fully saturated rings. The molecule has 0 bridgehead atoms. The highest BCUT2D eigenvalue weighted by atomic mass is 19.1. The van der Waals surface area contributed by atoms with Crippen LogP contribution in [-0.4, -0.2) is 36.4 Å². The van der Waals surface area contributed by atoms with Crippen molar-refractivity contribution in [3.8, 4) is 5.75 Å². The van der Waals surface area contributed by atoms with E-state index in [-0.39, 0.29) is 23.9 Å². The van der Waals surface area contributed by atoms with E-state index in [2.05, 4.69) is 5.32 Å². The molecule has 1 N–H and O–H groups in total. The molecule has 0 atom stereocenters. The Bertz CT molecular complexity index is 780. The van der Waals surface area contributed by atoms with Gasteiger partial charge in [-0.3, -0.25) is 14.9 Å². The molecule has 0 radical (unpaired) electrons. The third kappa shape index (κ3) is 5.17. The van der Waals surface area contributed by atoms with Crippen LogP contribution in [0.25, 0.3) is 0 Å². The number of hydrogen-bond donors (Lipinski definition) is 1. The molecule has 0 aromatic heterocycles. The average molecular weight is 347 g/mol. The molecule has 7 nitrogen and oxygen atoms in total. The molecule has 0 aliphatic heterocycles. The molecular weight excluding hydrogens is 329 g/mol. The zero-order valence-corrected chi connectivity index (χ0v) is 13.9. The molecule has 0 aliphatic carbocycles. The SMILES string of the molecule is CN(C)C(=O)COc1cccc(CNc2ccc([N+](=O)[O-])cc2F)c1. The van der Waals surface area contributed by atoms with Crippen molar-refractivity contribution in [1.82, 2.24) is 4.90 Å². The molecule has 1 amide bonds. The van der Waals surface area contributed by atoms with Crippen molar-refractivity contribution in [1.29, 1.82) is 0 Å². The Kier molecular flexibility index (Phi) is 5.89. The van der Waals surface area contributed by atoms with Crippen molar-refractivity contribution < 1.29 is 18.8 Å². The fourth-order valence-corrected chi connectivity index (χ4v) is 1.98. The van der Waals surface area contributed by atoms with Gasteiger partial charge in [-0.2, -0.15) is 0 Å². The monoisotopic (exact) mass is 347 g/mol. The minimum absolute atomic E-state index is 0.0686. The summed E-state index contributed by atoms with van der Waals surface area (Å²) in [5.41, 5.74) is 0.677. The molecular formula is C17H18FN3O4. The van der Waals surface area contributed by atoms with Gasteiger partial charge < -0.3 is 15.0 Å². The van der Waals surface area contributed by atoms with Crippen molar-refractivity contribution in [2.45, 2.75) is 6.54 Å².